The molecule has 0 radical (unpaired) electrons. The van der Waals surface area contributed by atoms with E-state index in [1.807, 2.05) is 24.3 Å². The zero-order valence-corrected chi connectivity index (χ0v) is 24.7. The predicted molar refractivity (Wildman–Crippen MR) is 171 cm³/mol. The second-order valence-corrected chi connectivity index (χ2v) is 12.0. The molecule has 2 aliphatic heterocycles. The average molecular weight is 588 g/mol. The number of rotatable bonds is 6. The van der Waals surface area contributed by atoms with E-state index >= 15 is 0 Å². The Morgan fingerprint density at radius 1 is 0.795 bits per heavy atom. The van der Waals surface area contributed by atoms with Gasteiger partial charge in [-0.2, -0.15) is 0 Å². The molecule has 3 amide bonds. The quantitative estimate of drug-likeness (QED) is 0.313. The number of phenolic OH excluding ortho intramolecular Hbond substituents is 1. The van der Waals surface area contributed by atoms with Gasteiger partial charge in [-0.15, -0.1) is 0 Å². The van der Waals surface area contributed by atoms with E-state index in [1.54, 1.807) is 11.1 Å². The molecule has 8 heteroatoms. The average Bonchev–Trinajstić information content (AvgIpc) is 3.05. The molecule has 1 aliphatic carbocycles. The Hall–Kier alpha value is -4.69. The summed E-state index contributed by atoms with van der Waals surface area (Å²) in [6, 6.07) is 29.4. The molecule has 0 saturated carbocycles. The maximum atomic E-state index is 12.1. The van der Waals surface area contributed by atoms with Crippen molar-refractivity contribution in [3.8, 4) is 5.75 Å². The number of piperazine rings is 1. The molecule has 2 saturated heterocycles. The van der Waals surface area contributed by atoms with Crippen LogP contribution in [0.1, 0.15) is 52.6 Å². The monoisotopic (exact) mass is 587 g/mol. The maximum Gasteiger partial charge on any atom is 0.328 e. The van der Waals surface area contributed by atoms with Gasteiger partial charge in [0.25, 0.3) is 0 Å². The fraction of sp³-hybridized carbons (Fsp3) is 0.306. The molecule has 0 unspecified atom stereocenters. The predicted octanol–water partition coefficient (Wildman–Crippen LogP) is 5.42. The number of imide groups is 1. The first-order chi connectivity index (χ1) is 21.5. The van der Waals surface area contributed by atoms with Crippen LogP contribution in [0.2, 0.25) is 0 Å². The highest BCUT2D eigenvalue weighted by Crippen LogP contribution is 2.47. The first-order valence-electron chi connectivity index (χ1n) is 15.5. The number of aromatic nitrogens is 1. The third-order valence-corrected chi connectivity index (χ3v) is 9.37. The molecule has 8 nitrogen and oxygen atoms in total. The smallest absolute Gasteiger partial charge is 0.328 e. The topological polar surface area (TPSA) is 89.0 Å². The van der Waals surface area contributed by atoms with Gasteiger partial charge in [0, 0.05) is 57.3 Å². The molecule has 0 spiro atoms. The molecule has 2 fully saturated rings. The van der Waals surface area contributed by atoms with Crippen molar-refractivity contribution in [1.29, 1.82) is 0 Å². The van der Waals surface area contributed by atoms with E-state index < -0.39 is 0 Å². The molecule has 7 rings (SSSR count). The molecule has 0 bridgehead atoms. The van der Waals surface area contributed by atoms with Crippen molar-refractivity contribution >= 4 is 23.3 Å². The second-order valence-electron chi connectivity index (χ2n) is 12.0. The Morgan fingerprint density at radius 3 is 2.30 bits per heavy atom. The summed E-state index contributed by atoms with van der Waals surface area (Å²) >= 11 is 0. The fourth-order valence-corrected chi connectivity index (χ4v) is 7.04. The number of benzene rings is 3. The van der Waals surface area contributed by atoms with Gasteiger partial charge >= 0.3 is 6.03 Å². The van der Waals surface area contributed by atoms with Gasteiger partial charge in [0.05, 0.1) is 17.6 Å². The summed E-state index contributed by atoms with van der Waals surface area (Å²) in [4.78, 5) is 34.6. The van der Waals surface area contributed by atoms with E-state index in [4.69, 9.17) is 0 Å². The summed E-state index contributed by atoms with van der Waals surface area (Å²) in [6.45, 7) is 4.90. The van der Waals surface area contributed by atoms with E-state index in [1.165, 1.54) is 27.9 Å². The molecule has 2 N–H and O–H groups in total. The van der Waals surface area contributed by atoms with Crippen molar-refractivity contribution < 1.29 is 14.7 Å². The molecule has 2 atom stereocenters. The van der Waals surface area contributed by atoms with Crippen LogP contribution in [0.25, 0.3) is 0 Å². The van der Waals surface area contributed by atoms with Gasteiger partial charge < -0.3 is 10.0 Å². The molecule has 44 heavy (non-hydrogen) atoms. The number of urea groups is 1. The number of hydrogen-bond acceptors (Lipinski definition) is 6. The molecule has 3 heterocycles. The lowest BCUT2D eigenvalue weighted by Gasteiger charge is -2.37. The van der Waals surface area contributed by atoms with Gasteiger partial charge in [0.15, 0.2) is 0 Å². The van der Waals surface area contributed by atoms with Crippen LogP contribution in [0, 0.1) is 0 Å². The summed E-state index contributed by atoms with van der Waals surface area (Å²) in [6.07, 6.45) is 4.05. The highest BCUT2D eigenvalue weighted by Gasteiger charge is 2.32. The van der Waals surface area contributed by atoms with Crippen LogP contribution in [-0.2, 0) is 17.8 Å². The van der Waals surface area contributed by atoms with E-state index in [2.05, 4.69) is 80.8 Å². The molecule has 3 aromatic carbocycles. The van der Waals surface area contributed by atoms with Crippen LogP contribution in [0.3, 0.4) is 0 Å². The van der Waals surface area contributed by atoms with Gasteiger partial charge in [0.1, 0.15) is 5.75 Å². The van der Waals surface area contributed by atoms with Gasteiger partial charge in [-0.1, -0.05) is 48.5 Å². The van der Waals surface area contributed by atoms with Crippen LogP contribution < -0.4 is 15.1 Å². The van der Waals surface area contributed by atoms with Crippen molar-refractivity contribution in [1.82, 2.24) is 15.2 Å². The van der Waals surface area contributed by atoms with Crippen molar-refractivity contribution in [3.63, 3.8) is 0 Å². The van der Waals surface area contributed by atoms with Crippen molar-refractivity contribution in [2.75, 3.05) is 42.5 Å². The minimum absolute atomic E-state index is 0.237. The van der Waals surface area contributed by atoms with Crippen molar-refractivity contribution in [2.45, 2.75) is 37.6 Å². The Balaban J connectivity index is 1.00. The maximum absolute atomic E-state index is 12.1. The van der Waals surface area contributed by atoms with Crippen LogP contribution in [0.4, 0.5) is 16.2 Å². The Morgan fingerprint density at radius 2 is 1.57 bits per heavy atom. The van der Waals surface area contributed by atoms with Gasteiger partial charge in [-0.3, -0.25) is 24.9 Å². The summed E-state index contributed by atoms with van der Waals surface area (Å²) < 4.78 is 0. The molecule has 224 valence electrons. The zero-order chi connectivity index (χ0) is 30.0. The van der Waals surface area contributed by atoms with E-state index in [0.29, 0.717) is 30.3 Å². The minimum Gasteiger partial charge on any atom is -0.508 e. The Kier molecular flexibility index (Phi) is 7.75. The SMILES string of the molecule is O=C1CCN(c2ccc(CN3CCN(c4ccc([C@H]5c6ccc(O)cc6CC[C@H]5c5ccccc5)cc4)CC3)nc2)C(=O)N1. The van der Waals surface area contributed by atoms with E-state index in [0.717, 1.165) is 51.3 Å². The number of carbonyl (C=O) groups excluding carboxylic acids is 2. The number of nitrogens with one attached hydrogen (secondary N) is 1. The number of nitrogens with zero attached hydrogens (tertiary/aromatic N) is 4. The number of aryl methyl sites for hydroxylation is 1. The number of amides is 3. The molecule has 1 aromatic heterocycles. The van der Waals surface area contributed by atoms with E-state index in [-0.39, 0.29) is 17.9 Å². The lowest BCUT2D eigenvalue weighted by Crippen LogP contribution is -2.49. The molecular weight excluding hydrogens is 550 g/mol. The van der Waals surface area contributed by atoms with Gasteiger partial charge in [-0.05, 0) is 77.4 Å². The van der Waals surface area contributed by atoms with Gasteiger partial charge in [0.2, 0.25) is 5.91 Å². The summed E-state index contributed by atoms with van der Waals surface area (Å²) in [5.41, 5.74) is 8.17. The number of phenols is 1. The summed E-state index contributed by atoms with van der Waals surface area (Å²) in [5, 5.41) is 12.5. The van der Waals surface area contributed by atoms with Crippen LogP contribution in [-0.4, -0.2) is 59.7 Å². The highest BCUT2D eigenvalue weighted by molar-refractivity contribution is 6.05. The van der Waals surface area contributed by atoms with Crippen molar-refractivity contribution in [3.05, 3.63) is 119 Å². The lowest BCUT2D eigenvalue weighted by atomic mass is 9.69. The third kappa shape index (κ3) is 5.77. The Bertz CT molecular complexity index is 1630. The summed E-state index contributed by atoms with van der Waals surface area (Å²) in [5.74, 6) is 0.748. The minimum atomic E-state index is -0.389. The zero-order valence-electron chi connectivity index (χ0n) is 24.7. The number of pyridine rings is 1. The Labute approximate surface area is 257 Å². The first kappa shape index (κ1) is 28.1. The first-order valence-corrected chi connectivity index (χ1v) is 15.5. The third-order valence-electron chi connectivity index (χ3n) is 9.37. The number of hydrogen-bond donors (Lipinski definition) is 2. The normalized spacial score (nSPS) is 20.7. The molecule has 3 aliphatic rings. The van der Waals surface area contributed by atoms with E-state index in [9.17, 15) is 14.7 Å². The second kappa shape index (κ2) is 12.1. The molecular formula is C36H37N5O3. The largest absolute Gasteiger partial charge is 0.508 e. The van der Waals surface area contributed by atoms with Crippen LogP contribution in [0.15, 0.2) is 91.1 Å². The molecule has 4 aromatic rings. The number of anilines is 2. The fourth-order valence-electron chi connectivity index (χ4n) is 7.04. The number of carbonyl (C=O) groups is 2. The van der Waals surface area contributed by atoms with Crippen molar-refractivity contribution in [2.24, 2.45) is 0 Å². The summed E-state index contributed by atoms with van der Waals surface area (Å²) in [7, 11) is 0. The standard InChI is InChI=1S/C36H37N5O3/c42-31-13-15-33-27(22-31)8-14-32(25-4-2-1-3-5-25)35(33)26-6-10-29(11-7-26)40-20-18-39(19-21-40)24-28-9-12-30(23-37-28)41-17-16-34(43)38-36(41)44/h1-7,9-13,15,22-23,32,35,42H,8,14,16-21,24H2,(H,38,43,44)/t32-,35+/m0/s1. The van der Waals surface area contributed by atoms with Gasteiger partial charge in [-0.25, -0.2) is 4.79 Å². The van der Waals surface area contributed by atoms with Crippen LogP contribution in [0.5, 0.6) is 5.75 Å². The van der Waals surface area contributed by atoms with Crippen LogP contribution >= 0.6 is 0 Å². The number of aromatic hydroxyl groups is 1. The number of fused-ring (bicyclic) bond motifs is 1. The lowest BCUT2D eigenvalue weighted by molar-refractivity contribution is -0.120. The highest BCUT2D eigenvalue weighted by atomic mass is 16.3.